The molecule has 50 valence electrons. The molecule has 0 aromatic carbocycles. The van der Waals surface area contributed by atoms with Gasteiger partial charge in [-0.05, 0) is 5.16 Å². The molecule has 0 fully saturated rings. The third kappa shape index (κ3) is 0.680. The summed E-state index contributed by atoms with van der Waals surface area (Å²) in [6, 6.07) is 0. The van der Waals surface area contributed by atoms with Gasteiger partial charge in [-0.1, -0.05) is 0 Å². The van der Waals surface area contributed by atoms with Crippen molar-refractivity contribution in [2.45, 2.75) is 0 Å². The molecule has 0 aliphatic heterocycles. The third-order valence-corrected chi connectivity index (χ3v) is 1.09. The van der Waals surface area contributed by atoms with Crippen molar-refractivity contribution in [3.05, 3.63) is 25.1 Å². The lowest BCUT2D eigenvalue weighted by molar-refractivity contribution is 0.414. The minimum atomic E-state index is 0.498. The SMILES string of the molecule is c1cn(-c2ncon2)cn1. The minimum absolute atomic E-state index is 0.498. The van der Waals surface area contributed by atoms with E-state index in [0.29, 0.717) is 5.95 Å². The summed E-state index contributed by atoms with van der Waals surface area (Å²) in [4.78, 5) is 7.62. The van der Waals surface area contributed by atoms with Crippen LogP contribution in [0.1, 0.15) is 0 Å². The van der Waals surface area contributed by atoms with Crippen LogP contribution in [-0.4, -0.2) is 19.7 Å². The number of nitrogens with zero attached hydrogens (tertiary/aromatic N) is 4. The van der Waals surface area contributed by atoms with Gasteiger partial charge in [-0.15, -0.1) is 0 Å². The molecule has 2 aromatic rings. The van der Waals surface area contributed by atoms with E-state index in [1.54, 1.807) is 23.3 Å². The molecule has 0 spiro atoms. The lowest BCUT2D eigenvalue weighted by Crippen LogP contribution is -1.90. The molecule has 0 aliphatic rings. The quantitative estimate of drug-likeness (QED) is 0.564. The van der Waals surface area contributed by atoms with E-state index in [-0.39, 0.29) is 0 Å². The Kier molecular flexibility index (Phi) is 1.00. The van der Waals surface area contributed by atoms with E-state index >= 15 is 0 Å². The molecule has 10 heavy (non-hydrogen) atoms. The summed E-state index contributed by atoms with van der Waals surface area (Å²) in [5.74, 6) is 0.498. The van der Waals surface area contributed by atoms with Gasteiger partial charge in [-0.2, -0.15) is 4.98 Å². The molecule has 0 radical (unpaired) electrons. The van der Waals surface area contributed by atoms with Crippen LogP contribution < -0.4 is 0 Å². The van der Waals surface area contributed by atoms with Crippen molar-refractivity contribution in [1.29, 1.82) is 0 Å². The van der Waals surface area contributed by atoms with Gasteiger partial charge in [0.1, 0.15) is 6.33 Å². The number of hydrogen-bond donors (Lipinski definition) is 0. The van der Waals surface area contributed by atoms with Gasteiger partial charge in [0.05, 0.1) is 0 Å². The van der Waals surface area contributed by atoms with Crippen LogP contribution in [-0.2, 0) is 0 Å². The Morgan fingerprint density at radius 3 is 3.10 bits per heavy atom. The molecule has 0 amide bonds. The Morgan fingerprint density at radius 2 is 2.50 bits per heavy atom. The summed E-state index contributed by atoms with van der Waals surface area (Å²) < 4.78 is 6.18. The van der Waals surface area contributed by atoms with Gasteiger partial charge in [0.15, 0.2) is 0 Å². The van der Waals surface area contributed by atoms with Gasteiger partial charge in [0.25, 0.3) is 5.95 Å². The lowest BCUT2D eigenvalue weighted by Gasteiger charge is -1.87. The second-order valence-corrected chi connectivity index (χ2v) is 1.70. The largest absolute Gasteiger partial charge is 0.341 e. The molecule has 2 rings (SSSR count). The van der Waals surface area contributed by atoms with Crippen molar-refractivity contribution in [1.82, 2.24) is 19.7 Å². The molecule has 0 N–H and O–H groups in total. The smallest absolute Gasteiger partial charge is 0.275 e. The summed E-state index contributed by atoms with van der Waals surface area (Å²) >= 11 is 0. The summed E-state index contributed by atoms with van der Waals surface area (Å²) in [5, 5.41) is 3.60. The van der Waals surface area contributed by atoms with Crippen LogP contribution in [0.15, 0.2) is 29.6 Å². The maximum atomic E-state index is 4.53. The summed E-state index contributed by atoms with van der Waals surface area (Å²) in [5.41, 5.74) is 0. The first-order valence-corrected chi connectivity index (χ1v) is 2.71. The van der Waals surface area contributed by atoms with Crippen LogP contribution in [0.5, 0.6) is 0 Å². The molecule has 0 aliphatic carbocycles. The first-order chi connectivity index (χ1) is 4.97. The maximum Gasteiger partial charge on any atom is 0.275 e. The molecule has 0 bridgehead atoms. The van der Waals surface area contributed by atoms with E-state index in [4.69, 9.17) is 0 Å². The standard InChI is InChI=1S/C5H4N4O/c1-2-9(3-6-1)5-7-4-10-8-5/h1-4H. The number of imidazole rings is 1. The predicted octanol–water partition coefficient (Wildman–Crippen LogP) is 0.255. The summed E-state index contributed by atoms with van der Waals surface area (Å²) in [6.45, 7) is 0. The topological polar surface area (TPSA) is 56.7 Å². The second kappa shape index (κ2) is 1.94. The second-order valence-electron chi connectivity index (χ2n) is 1.70. The molecule has 0 saturated carbocycles. The zero-order valence-electron chi connectivity index (χ0n) is 5.01. The highest BCUT2D eigenvalue weighted by molar-refractivity contribution is 5.04. The third-order valence-electron chi connectivity index (χ3n) is 1.09. The molecule has 2 heterocycles. The van der Waals surface area contributed by atoms with Crippen LogP contribution in [0, 0.1) is 0 Å². The number of rotatable bonds is 1. The molecule has 2 aromatic heterocycles. The number of aromatic nitrogens is 4. The monoisotopic (exact) mass is 136 g/mol. The first kappa shape index (κ1) is 5.16. The van der Waals surface area contributed by atoms with Crippen molar-refractivity contribution in [3.8, 4) is 5.95 Å². The Bertz CT molecular complexity index is 253. The molecular formula is C5H4N4O. The van der Waals surface area contributed by atoms with Crippen molar-refractivity contribution in [2.75, 3.05) is 0 Å². The lowest BCUT2D eigenvalue weighted by atomic mass is 10.8. The average Bonchev–Trinajstić information content (AvgIpc) is 2.59. The Hall–Kier alpha value is -1.65. The van der Waals surface area contributed by atoms with Crippen LogP contribution in [0.3, 0.4) is 0 Å². The van der Waals surface area contributed by atoms with Gasteiger partial charge in [0, 0.05) is 12.4 Å². The highest BCUT2D eigenvalue weighted by Gasteiger charge is 1.97. The zero-order chi connectivity index (χ0) is 6.81. The van der Waals surface area contributed by atoms with E-state index in [2.05, 4.69) is 19.6 Å². The van der Waals surface area contributed by atoms with Crippen LogP contribution in [0.4, 0.5) is 0 Å². The zero-order valence-corrected chi connectivity index (χ0v) is 5.01. The Labute approximate surface area is 56.3 Å². The molecule has 0 atom stereocenters. The maximum absolute atomic E-state index is 4.53. The van der Waals surface area contributed by atoms with E-state index in [1.807, 2.05) is 0 Å². The molecular weight excluding hydrogens is 132 g/mol. The highest BCUT2D eigenvalue weighted by atomic mass is 16.5. The van der Waals surface area contributed by atoms with E-state index < -0.39 is 0 Å². The van der Waals surface area contributed by atoms with E-state index in [1.165, 1.54) is 6.39 Å². The fourth-order valence-electron chi connectivity index (χ4n) is 0.656. The van der Waals surface area contributed by atoms with Gasteiger partial charge in [-0.3, -0.25) is 4.57 Å². The van der Waals surface area contributed by atoms with Gasteiger partial charge >= 0.3 is 0 Å². The van der Waals surface area contributed by atoms with Crippen molar-refractivity contribution in [3.63, 3.8) is 0 Å². The van der Waals surface area contributed by atoms with Gasteiger partial charge < -0.3 is 4.52 Å². The van der Waals surface area contributed by atoms with Gasteiger partial charge in [0.2, 0.25) is 6.39 Å². The van der Waals surface area contributed by atoms with Crippen molar-refractivity contribution < 1.29 is 4.52 Å². The van der Waals surface area contributed by atoms with Crippen LogP contribution >= 0.6 is 0 Å². The normalized spacial score (nSPS) is 10.0. The fourth-order valence-corrected chi connectivity index (χ4v) is 0.656. The fraction of sp³-hybridized carbons (Fsp3) is 0. The molecule has 5 heteroatoms. The van der Waals surface area contributed by atoms with Crippen molar-refractivity contribution >= 4 is 0 Å². The summed E-state index contributed by atoms with van der Waals surface area (Å²) in [7, 11) is 0. The Morgan fingerprint density at radius 1 is 1.50 bits per heavy atom. The number of hydrogen-bond acceptors (Lipinski definition) is 4. The average molecular weight is 136 g/mol. The van der Waals surface area contributed by atoms with E-state index in [0.717, 1.165) is 0 Å². The van der Waals surface area contributed by atoms with Crippen molar-refractivity contribution in [2.24, 2.45) is 0 Å². The Balaban J connectivity index is 2.48. The van der Waals surface area contributed by atoms with Crippen LogP contribution in [0.2, 0.25) is 0 Å². The molecule has 0 saturated heterocycles. The summed E-state index contributed by atoms with van der Waals surface area (Å²) in [6.07, 6.45) is 6.27. The van der Waals surface area contributed by atoms with Gasteiger partial charge in [-0.25, -0.2) is 4.98 Å². The molecule has 0 unspecified atom stereocenters. The predicted molar refractivity (Wildman–Crippen MR) is 31.4 cm³/mol. The highest BCUT2D eigenvalue weighted by Crippen LogP contribution is 1.95. The van der Waals surface area contributed by atoms with Crippen LogP contribution in [0.25, 0.3) is 5.95 Å². The minimum Gasteiger partial charge on any atom is -0.341 e. The van der Waals surface area contributed by atoms with E-state index in [9.17, 15) is 0 Å². The molecule has 5 nitrogen and oxygen atoms in total. The first-order valence-electron chi connectivity index (χ1n) is 2.71.